The Balaban J connectivity index is 1.89. The van der Waals surface area contributed by atoms with Crippen molar-refractivity contribution >= 4 is 23.4 Å². The van der Waals surface area contributed by atoms with Crippen LogP contribution in [0, 0.1) is 6.92 Å². The highest BCUT2D eigenvalue weighted by Gasteiger charge is 2.11. The Morgan fingerprint density at radius 3 is 2.44 bits per heavy atom. The molecule has 0 atom stereocenters. The lowest BCUT2D eigenvalue weighted by molar-refractivity contribution is -0.132. The molecule has 5 nitrogen and oxygen atoms in total. The van der Waals surface area contributed by atoms with Crippen molar-refractivity contribution in [3.63, 3.8) is 0 Å². The molecule has 2 aromatic rings. The number of aryl methyl sites for hydroxylation is 1. The predicted octanol–water partition coefficient (Wildman–Crippen LogP) is 3.05. The lowest BCUT2D eigenvalue weighted by Gasteiger charge is -2.18. The summed E-state index contributed by atoms with van der Waals surface area (Å²) < 4.78 is 5.52. The lowest BCUT2D eigenvalue weighted by Crippen LogP contribution is -2.31. The van der Waals surface area contributed by atoms with Crippen LogP contribution in [-0.4, -0.2) is 37.4 Å². The first-order chi connectivity index (χ1) is 11.9. The Morgan fingerprint density at radius 2 is 1.84 bits per heavy atom. The summed E-state index contributed by atoms with van der Waals surface area (Å²) in [5.74, 6) is 0.337. The third-order valence-corrected chi connectivity index (χ3v) is 4.20. The van der Waals surface area contributed by atoms with E-state index in [0.717, 1.165) is 11.1 Å². The molecule has 0 aliphatic heterocycles. The number of rotatable bonds is 6. The molecular formula is C19H21ClN2O3. The number of likely N-dealkylation sites (N-methyl/N-ethyl adjacent to an activating group) is 1. The number of nitrogens with zero attached hydrogens (tertiary/aromatic N) is 1. The normalized spacial score (nSPS) is 10.2. The molecule has 0 saturated carbocycles. The Bertz CT molecular complexity index is 760. The summed E-state index contributed by atoms with van der Waals surface area (Å²) in [5, 5.41) is 3.23. The number of benzene rings is 2. The minimum Gasteiger partial charge on any atom is -0.484 e. The van der Waals surface area contributed by atoms with Crippen LogP contribution in [0.3, 0.4) is 0 Å². The predicted molar refractivity (Wildman–Crippen MR) is 98.0 cm³/mol. The van der Waals surface area contributed by atoms with Crippen LogP contribution in [0.5, 0.6) is 5.75 Å². The average Bonchev–Trinajstić information content (AvgIpc) is 2.62. The van der Waals surface area contributed by atoms with Crippen LogP contribution in [0.1, 0.15) is 21.5 Å². The van der Waals surface area contributed by atoms with Gasteiger partial charge in [0.1, 0.15) is 5.75 Å². The van der Waals surface area contributed by atoms with Gasteiger partial charge in [-0.25, -0.2) is 0 Å². The van der Waals surface area contributed by atoms with Crippen molar-refractivity contribution < 1.29 is 14.3 Å². The largest absolute Gasteiger partial charge is 0.484 e. The SMILES string of the molecule is CNC(=O)c1ccc(CN(C)C(=O)COc2ccc(Cl)c(C)c2)cc1. The van der Waals surface area contributed by atoms with Gasteiger partial charge in [0, 0.05) is 31.2 Å². The Kier molecular flexibility index (Phi) is 6.42. The van der Waals surface area contributed by atoms with Crippen molar-refractivity contribution in [1.29, 1.82) is 0 Å². The maximum absolute atomic E-state index is 12.2. The second-order valence-corrected chi connectivity index (χ2v) is 6.13. The molecule has 0 radical (unpaired) electrons. The van der Waals surface area contributed by atoms with E-state index in [1.54, 1.807) is 49.3 Å². The molecule has 0 unspecified atom stereocenters. The minimum absolute atomic E-state index is 0.0477. The van der Waals surface area contributed by atoms with Crippen LogP contribution in [0.2, 0.25) is 5.02 Å². The summed E-state index contributed by atoms with van der Waals surface area (Å²) in [5.41, 5.74) is 2.42. The van der Waals surface area contributed by atoms with Gasteiger partial charge in [-0.1, -0.05) is 23.7 Å². The number of carbonyl (C=O) groups is 2. The molecular weight excluding hydrogens is 340 g/mol. The van der Waals surface area contributed by atoms with Gasteiger partial charge in [-0.2, -0.15) is 0 Å². The standard InChI is InChI=1S/C19H21ClN2O3/c1-13-10-16(8-9-17(13)20)25-12-18(23)22(3)11-14-4-6-15(7-5-14)19(24)21-2/h4-10H,11-12H2,1-3H3,(H,21,24). The Hall–Kier alpha value is -2.53. The number of hydrogen-bond acceptors (Lipinski definition) is 3. The zero-order valence-electron chi connectivity index (χ0n) is 14.5. The van der Waals surface area contributed by atoms with E-state index in [1.165, 1.54) is 0 Å². The zero-order chi connectivity index (χ0) is 18.4. The third kappa shape index (κ3) is 5.22. The van der Waals surface area contributed by atoms with Gasteiger partial charge in [-0.15, -0.1) is 0 Å². The van der Waals surface area contributed by atoms with Crippen LogP contribution in [0.25, 0.3) is 0 Å². The maximum atomic E-state index is 12.2. The molecule has 2 rings (SSSR count). The Morgan fingerprint density at radius 1 is 1.16 bits per heavy atom. The van der Waals surface area contributed by atoms with Crippen molar-refractivity contribution in [2.75, 3.05) is 20.7 Å². The fourth-order valence-corrected chi connectivity index (χ4v) is 2.35. The van der Waals surface area contributed by atoms with Gasteiger partial charge >= 0.3 is 0 Å². The number of nitrogens with one attached hydrogen (secondary N) is 1. The molecule has 0 saturated heterocycles. The molecule has 2 amide bonds. The second kappa shape index (κ2) is 8.53. The van der Waals surface area contributed by atoms with E-state index in [1.807, 2.05) is 19.1 Å². The van der Waals surface area contributed by atoms with Crippen LogP contribution < -0.4 is 10.1 Å². The number of hydrogen-bond donors (Lipinski definition) is 1. The van der Waals surface area contributed by atoms with E-state index < -0.39 is 0 Å². The van der Waals surface area contributed by atoms with Gasteiger partial charge in [-0.3, -0.25) is 9.59 Å². The van der Waals surface area contributed by atoms with Crippen molar-refractivity contribution in [1.82, 2.24) is 10.2 Å². The summed E-state index contributed by atoms with van der Waals surface area (Å²) >= 11 is 5.97. The first-order valence-electron chi connectivity index (χ1n) is 7.84. The van der Waals surface area contributed by atoms with Crippen molar-refractivity contribution in [2.45, 2.75) is 13.5 Å². The molecule has 0 spiro atoms. The highest BCUT2D eigenvalue weighted by Crippen LogP contribution is 2.21. The van der Waals surface area contributed by atoms with Gasteiger partial charge in [0.2, 0.25) is 0 Å². The zero-order valence-corrected chi connectivity index (χ0v) is 15.3. The average molecular weight is 361 g/mol. The fraction of sp³-hybridized carbons (Fsp3) is 0.263. The summed E-state index contributed by atoms with van der Waals surface area (Å²) in [6, 6.07) is 12.4. The van der Waals surface area contributed by atoms with Gasteiger partial charge < -0.3 is 15.0 Å². The summed E-state index contributed by atoms with van der Waals surface area (Å²) in [7, 11) is 3.30. The van der Waals surface area contributed by atoms with Crippen LogP contribution >= 0.6 is 11.6 Å². The third-order valence-electron chi connectivity index (χ3n) is 3.78. The van der Waals surface area contributed by atoms with Crippen LogP contribution in [0.15, 0.2) is 42.5 Å². The smallest absolute Gasteiger partial charge is 0.260 e. The van der Waals surface area contributed by atoms with Crippen LogP contribution in [-0.2, 0) is 11.3 Å². The minimum atomic E-state index is -0.136. The molecule has 6 heteroatoms. The Labute approximate surface area is 152 Å². The van der Waals surface area contributed by atoms with Crippen LogP contribution in [0.4, 0.5) is 0 Å². The molecule has 0 bridgehead atoms. The topological polar surface area (TPSA) is 58.6 Å². The highest BCUT2D eigenvalue weighted by molar-refractivity contribution is 6.31. The number of amides is 2. The van der Waals surface area contributed by atoms with E-state index in [2.05, 4.69) is 5.32 Å². The summed E-state index contributed by atoms with van der Waals surface area (Å²) in [6.45, 7) is 2.27. The summed E-state index contributed by atoms with van der Waals surface area (Å²) in [6.07, 6.45) is 0. The van der Waals surface area contributed by atoms with E-state index in [-0.39, 0.29) is 18.4 Å². The van der Waals surface area contributed by atoms with E-state index in [9.17, 15) is 9.59 Å². The molecule has 132 valence electrons. The van der Waals surface area contributed by atoms with Gasteiger partial charge in [-0.05, 0) is 48.4 Å². The lowest BCUT2D eigenvalue weighted by atomic mass is 10.1. The molecule has 2 aromatic carbocycles. The van der Waals surface area contributed by atoms with E-state index in [4.69, 9.17) is 16.3 Å². The molecule has 25 heavy (non-hydrogen) atoms. The molecule has 0 aliphatic rings. The number of carbonyl (C=O) groups excluding carboxylic acids is 2. The molecule has 0 aliphatic carbocycles. The molecule has 0 aromatic heterocycles. The number of ether oxygens (including phenoxy) is 1. The van der Waals surface area contributed by atoms with Crippen molar-refractivity contribution in [2.24, 2.45) is 0 Å². The number of halogens is 1. The van der Waals surface area contributed by atoms with Gasteiger partial charge in [0.25, 0.3) is 11.8 Å². The van der Waals surface area contributed by atoms with E-state index in [0.29, 0.717) is 22.9 Å². The molecule has 1 N–H and O–H groups in total. The summed E-state index contributed by atoms with van der Waals surface area (Å²) in [4.78, 5) is 25.3. The van der Waals surface area contributed by atoms with Gasteiger partial charge in [0.15, 0.2) is 6.61 Å². The first kappa shape index (κ1) is 18.8. The van der Waals surface area contributed by atoms with E-state index >= 15 is 0 Å². The first-order valence-corrected chi connectivity index (χ1v) is 8.22. The quantitative estimate of drug-likeness (QED) is 0.861. The molecule has 0 heterocycles. The molecule has 0 fully saturated rings. The van der Waals surface area contributed by atoms with Gasteiger partial charge in [0.05, 0.1) is 0 Å². The maximum Gasteiger partial charge on any atom is 0.260 e. The fourth-order valence-electron chi connectivity index (χ4n) is 2.23. The monoisotopic (exact) mass is 360 g/mol. The highest BCUT2D eigenvalue weighted by atomic mass is 35.5. The second-order valence-electron chi connectivity index (χ2n) is 5.73. The van der Waals surface area contributed by atoms with Crippen molar-refractivity contribution in [3.05, 3.63) is 64.2 Å². The van der Waals surface area contributed by atoms with Crippen molar-refractivity contribution in [3.8, 4) is 5.75 Å².